The van der Waals surface area contributed by atoms with Crippen LogP contribution in [0, 0.1) is 0 Å². The van der Waals surface area contributed by atoms with Gasteiger partial charge >= 0.3 is 6.03 Å². The Hall–Kier alpha value is -1.23. The molecule has 0 atom stereocenters. The van der Waals surface area contributed by atoms with Crippen molar-refractivity contribution in [1.29, 1.82) is 0 Å². The van der Waals surface area contributed by atoms with Crippen molar-refractivity contribution in [3.63, 3.8) is 0 Å². The summed E-state index contributed by atoms with van der Waals surface area (Å²) >= 11 is 3.42. The van der Waals surface area contributed by atoms with E-state index >= 15 is 0 Å². The fourth-order valence-corrected chi connectivity index (χ4v) is 2.21. The van der Waals surface area contributed by atoms with E-state index in [0.717, 1.165) is 15.8 Å². The number of benzene rings is 1. The molecule has 1 aromatic carbocycles. The molecule has 0 fully saturated rings. The molecule has 0 unspecified atom stereocenters. The predicted octanol–water partition coefficient (Wildman–Crippen LogP) is 3.01. The molecular weight excluding hydrogens is 296 g/mol. The lowest BCUT2D eigenvalue weighted by Crippen LogP contribution is -2.39. The molecule has 0 bridgehead atoms. The zero-order valence-corrected chi connectivity index (χ0v) is 12.6. The maximum atomic E-state index is 11.8. The Morgan fingerprint density at radius 1 is 1.39 bits per heavy atom. The standard InChI is InChI=1S/C13H19BrN2O2/c1-4-16(5-2)13(17)15-9-10-6-7-12(18-3)11(14)8-10/h6-8H,4-5,9H2,1-3H3,(H,15,17). The molecule has 1 rings (SSSR count). The zero-order valence-electron chi connectivity index (χ0n) is 11.0. The van der Waals surface area contributed by atoms with Crippen LogP contribution in [0.1, 0.15) is 19.4 Å². The van der Waals surface area contributed by atoms with Crippen molar-refractivity contribution < 1.29 is 9.53 Å². The van der Waals surface area contributed by atoms with Gasteiger partial charge in [-0.25, -0.2) is 4.79 Å². The Morgan fingerprint density at radius 3 is 2.56 bits per heavy atom. The van der Waals surface area contributed by atoms with Gasteiger partial charge in [0.05, 0.1) is 11.6 Å². The third-order valence-electron chi connectivity index (χ3n) is 2.71. The van der Waals surface area contributed by atoms with Crippen LogP contribution in [0.4, 0.5) is 4.79 Å². The number of urea groups is 1. The van der Waals surface area contributed by atoms with Gasteiger partial charge in [-0.15, -0.1) is 0 Å². The number of rotatable bonds is 5. The SMILES string of the molecule is CCN(CC)C(=O)NCc1ccc(OC)c(Br)c1. The van der Waals surface area contributed by atoms with Crippen LogP contribution in [0.25, 0.3) is 0 Å². The van der Waals surface area contributed by atoms with E-state index in [-0.39, 0.29) is 6.03 Å². The number of amides is 2. The van der Waals surface area contributed by atoms with Gasteiger partial charge < -0.3 is 15.0 Å². The summed E-state index contributed by atoms with van der Waals surface area (Å²) in [5, 5.41) is 2.89. The second kappa shape index (κ2) is 7.26. The first kappa shape index (κ1) is 14.8. The van der Waals surface area contributed by atoms with E-state index in [0.29, 0.717) is 19.6 Å². The fourth-order valence-electron chi connectivity index (χ4n) is 1.62. The van der Waals surface area contributed by atoms with Crippen molar-refractivity contribution in [1.82, 2.24) is 10.2 Å². The van der Waals surface area contributed by atoms with Gasteiger partial charge in [-0.05, 0) is 47.5 Å². The maximum absolute atomic E-state index is 11.8. The van der Waals surface area contributed by atoms with Gasteiger partial charge in [0.2, 0.25) is 0 Å². The number of nitrogens with one attached hydrogen (secondary N) is 1. The quantitative estimate of drug-likeness (QED) is 0.907. The highest BCUT2D eigenvalue weighted by Crippen LogP contribution is 2.25. The molecule has 1 N–H and O–H groups in total. The largest absolute Gasteiger partial charge is 0.496 e. The summed E-state index contributed by atoms with van der Waals surface area (Å²) in [4.78, 5) is 13.5. The van der Waals surface area contributed by atoms with Gasteiger partial charge in [0, 0.05) is 19.6 Å². The summed E-state index contributed by atoms with van der Waals surface area (Å²) in [6, 6.07) is 5.73. The summed E-state index contributed by atoms with van der Waals surface area (Å²) in [5.74, 6) is 0.786. The minimum Gasteiger partial charge on any atom is -0.496 e. The Morgan fingerprint density at radius 2 is 2.06 bits per heavy atom. The molecule has 0 radical (unpaired) electrons. The Balaban J connectivity index is 2.58. The van der Waals surface area contributed by atoms with Crippen molar-refractivity contribution in [2.45, 2.75) is 20.4 Å². The topological polar surface area (TPSA) is 41.6 Å². The number of halogens is 1. The average Bonchev–Trinajstić information content (AvgIpc) is 2.38. The van der Waals surface area contributed by atoms with E-state index in [2.05, 4.69) is 21.2 Å². The van der Waals surface area contributed by atoms with E-state index < -0.39 is 0 Å². The van der Waals surface area contributed by atoms with Gasteiger partial charge in [-0.3, -0.25) is 0 Å². The van der Waals surface area contributed by atoms with Gasteiger partial charge in [0.15, 0.2) is 0 Å². The van der Waals surface area contributed by atoms with Crippen LogP contribution in [0.3, 0.4) is 0 Å². The zero-order chi connectivity index (χ0) is 13.5. The number of carbonyl (C=O) groups excluding carboxylic acids is 1. The first-order valence-electron chi connectivity index (χ1n) is 5.97. The first-order chi connectivity index (χ1) is 8.62. The molecule has 0 spiro atoms. The molecule has 100 valence electrons. The van der Waals surface area contributed by atoms with Gasteiger partial charge in [-0.1, -0.05) is 6.07 Å². The molecule has 0 aliphatic heterocycles. The van der Waals surface area contributed by atoms with Crippen molar-refractivity contribution in [3.05, 3.63) is 28.2 Å². The first-order valence-corrected chi connectivity index (χ1v) is 6.76. The molecule has 0 aromatic heterocycles. The van der Waals surface area contributed by atoms with Crippen molar-refractivity contribution in [3.8, 4) is 5.75 Å². The molecule has 0 heterocycles. The van der Waals surface area contributed by atoms with Crippen molar-refractivity contribution in [2.24, 2.45) is 0 Å². The van der Waals surface area contributed by atoms with E-state index in [9.17, 15) is 4.79 Å². The second-order valence-electron chi connectivity index (χ2n) is 3.80. The minimum absolute atomic E-state index is 0.0352. The molecule has 0 aliphatic carbocycles. The van der Waals surface area contributed by atoms with Crippen LogP contribution < -0.4 is 10.1 Å². The van der Waals surface area contributed by atoms with Crippen LogP contribution in [0.15, 0.2) is 22.7 Å². The normalized spacial score (nSPS) is 10.0. The summed E-state index contributed by atoms with van der Waals surface area (Å²) < 4.78 is 6.04. The van der Waals surface area contributed by atoms with Crippen molar-refractivity contribution in [2.75, 3.05) is 20.2 Å². The second-order valence-corrected chi connectivity index (χ2v) is 4.65. The molecule has 4 nitrogen and oxygen atoms in total. The summed E-state index contributed by atoms with van der Waals surface area (Å²) in [6.45, 7) is 5.88. The fraction of sp³-hybridized carbons (Fsp3) is 0.462. The van der Waals surface area contributed by atoms with Crippen LogP contribution in [-0.4, -0.2) is 31.1 Å². The molecule has 18 heavy (non-hydrogen) atoms. The van der Waals surface area contributed by atoms with Crippen molar-refractivity contribution >= 4 is 22.0 Å². The number of methoxy groups -OCH3 is 1. The third-order valence-corrected chi connectivity index (χ3v) is 3.33. The third kappa shape index (κ3) is 3.91. The highest BCUT2D eigenvalue weighted by molar-refractivity contribution is 9.10. The van der Waals surface area contributed by atoms with Crippen LogP contribution in [-0.2, 0) is 6.54 Å². The van der Waals surface area contributed by atoms with Gasteiger partial charge in [0.1, 0.15) is 5.75 Å². The van der Waals surface area contributed by atoms with E-state index in [1.165, 1.54) is 0 Å². The number of ether oxygens (including phenoxy) is 1. The summed E-state index contributed by atoms with van der Waals surface area (Å²) in [5.41, 5.74) is 1.03. The Bertz CT molecular complexity index is 406. The average molecular weight is 315 g/mol. The lowest BCUT2D eigenvalue weighted by molar-refractivity contribution is 0.203. The smallest absolute Gasteiger partial charge is 0.317 e. The van der Waals surface area contributed by atoms with Gasteiger partial charge in [0.25, 0.3) is 0 Å². The summed E-state index contributed by atoms with van der Waals surface area (Å²) in [6.07, 6.45) is 0. The molecule has 0 saturated heterocycles. The van der Waals surface area contributed by atoms with Crippen LogP contribution >= 0.6 is 15.9 Å². The molecule has 2 amide bonds. The lowest BCUT2D eigenvalue weighted by Gasteiger charge is -2.19. The lowest BCUT2D eigenvalue weighted by atomic mass is 10.2. The number of nitrogens with zero attached hydrogens (tertiary/aromatic N) is 1. The van der Waals surface area contributed by atoms with E-state index in [1.54, 1.807) is 12.0 Å². The maximum Gasteiger partial charge on any atom is 0.317 e. The number of carbonyl (C=O) groups is 1. The van der Waals surface area contributed by atoms with E-state index in [4.69, 9.17) is 4.74 Å². The Labute approximate surface area is 116 Å². The predicted molar refractivity (Wildman–Crippen MR) is 75.9 cm³/mol. The molecule has 5 heteroatoms. The molecule has 0 aliphatic rings. The number of hydrogen-bond donors (Lipinski definition) is 1. The minimum atomic E-state index is -0.0352. The molecular formula is C13H19BrN2O2. The van der Waals surface area contributed by atoms with Gasteiger partial charge in [-0.2, -0.15) is 0 Å². The highest BCUT2D eigenvalue weighted by Gasteiger charge is 2.08. The summed E-state index contributed by atoms with van der Waals surface area (Å²) in [7, 11) is 1.63. The number of hydrogen-bond acceptors (Lipinski definition) is 2. The van der Waals surface area contributed by atoms with Crippen LogP contribution in [0.2, 0.25) is 0 Å². The van der Waals surface area contributed by atoms with Crippen LogP contribution in [0.5, 0.6) is 5.75 Å². The Kier molecular flexibility index (Phi) is 5.98. The molecule has 1 aromatic rings. The monoisotopic (exact) mass is 314 g/mol. The van der Waals surface area contributed by atoms with E-state index in [1.807, 2.05) is 32.0 Å². The highest BCUT2D eigenvalue weighted by atomic mass is 79.9. The molecule has 0 saturated carbocycles.